The van der Waals surface area contributed by atoms with Crippen molar-refractivity contribution < 1.29 is 31.1 Å². The van der Waals surface area contributed by atoms with Gasteiger partial charge >= 0.3 is 6.36 Å². The lowest BCUT2D eigenvalue weighted by Gasteiger charge is -2.22. The zero-order valence-electron chi connectivity index (χ0n) is 17.2. The van der Waals surface area contributed by atoms with Gasteiger partial charge in [-0.15, -0.1) is 13.2 Å². The summed E-state index contributed by atoms with van der Waals surface area (Å²) in [5.74, 6) is -1.16. The fraction of sp³-hybridized carbons (Fsp3) is 0.350. The minimum absolute atomic E-state index is 0.0640. The molecular weight excluding hydrogens is 463 g/mol. The third kappa shape index (κ3) is 5.53. The van der Waals surface area contributed by atoms with Crippen molar-refractivity contribution >= 4 is 27.4 Å². The molecule has 2 heterocycles. The van der Waals surface area contributed by atoms with Crippen molar-refractivity contribution in [3.8, 4) is 5.75 Å². The average molecular weight is 483 g/mol. The Balaban J connectivity index is 1.56. The van der Waals surface area contributed by atoms with E-state index in [4.69, 9.17) is 0 Å². The number of fused-ring (bicyclic) bond motifs is 1. The van der Waals surface area contributed by atoms with E-state index in [0.717, 1.165) is 56.4 Å². The molecule has 13 heteroatoms. The van der Waals surface area contributed by atoms with Gasteiger partial charge in [0.25, 0.3) is 15.9 Å². The molecule has 1 aliphatic carbocycles. The first-order valence-corrected chi connectivity index (χ1v) is 11.6. The third-order valence-corrected chi connectivity index (χ3v) is 6.49. The molecule has 0 radical (unpaired) electrons. The molecule has 33 heavy (non-hydrogen) atoms. The summed E-state index contributed by atoms with van der Waals surface area (Å²) >= 11 is 0. The first kappa shape index (κ1) is 22.8. The van der Waals surface area contributed by atoms with Gasteiger partial charge in [0.15, 0.2) is 5.65 Å². The van der Waals surface area contributed by atoms with Crippen LogP contribution in [0.3, 0.4) is 0 Å². The van der Waals surface area contributed by atoms with Crippen LogP contribution in [0.25, 0.3) is 5.65 Å². The van der Waals surface area contributed by atoms with Crippen LogP contribution in [0.4, 0.5) is 19.0 Å². The van der Waals surface area contributed by atoms with Gasteiger partial charge in [-0.3, -0.25) is 9.52 Å². The highest BCUT2D eigenvalue weighted by Gasteiger charge is 2.31. The van der Waals surface area contributed by atoms with Crippen molar-refractivity contribution in [2.75, 3.05) is 4.72 Å². The van der Waals surface area contributed by atoms with Gasteiger partial charge in [-0.2, -0.15) is 5.10 Å². The average Bonchev–Trinajstić information content (AvgIpc) is 3.16. The molecule has 0 spiro atoms. The minimum atomic E-state index is -4.96. The molecule has 176 valence electrons. The van der Waals surface area contributed by atoms with E-state index in [1.54, 1.807) is 0 Å². The van der Waals surface area contributed by atoms with Gasteiger partial charge in [0.2, 0.25) is 0 Å². The van der Waals surface area contributed by atoms with Crippen LogP contribution in [0.1, 0.15) is 42.5 Å². The Morgan fingerprint density at radius 2 is 1.91 bits per heavy atom. The molecule has 0 bridgehead atoms. The number of amides is 1. The Labute approximate surface area is 187 Å². The molecule has 0 saturated heterocycles. The van der Waals surface area contributed by atoms with Gasteiger partial charge in [-0.1, -0.05) is 25.3 Å². The van der Waals surface area contributed by atoms with E-state index in [1.807, 2.05) is 0 Å². The van der Waals surface area contributed by atoms with Crippen LogP contribution >= 0.6 is 0 Å². The molecule has 4 rings (SSSR count). The lowest BCUT2D eigenvalue weighted by molar-refractivity contribution is -0.274. The lowest BCUT2D eigenvalue weighted by atomic mass is 9.95. The topological polar surface area (TPSA) is 115 Å². The van der Waals surface area contributed by atoms with E-state index >= 15 is 0 Å². The third-order valence-electron chi connectivity index (χ3n) is 5.14. The predicted molar refractivity (Wildman–Crippen MR) is 111 cm³/mol. The Kier molecular flexibility index (Phi) is 6.15. The van der Waals surface area contributed by atoms with Gasteiger partial charge in [-0.25, -0.2) is 17.9 Å². The summed E-state index contributed by atoms with van der Waals surface area (Å²) in [5, 5.41) is 7.02. The van der Waals surface area contributed by atoms with E-state index < -0.39 is 27.0 Å². The number of aromatic nitrogens is 3. The number of anilines is 1. The number of halogens is 3. The number of hydrogen-bond acceptors (Lipinski definition) is 6. The second-order valence-corrected chi connectivity index (χ2v) is 9.26. The van der Waals surface area contributed by atoms with Crippen LogP contribution in [0.15, 0.2) is 47.6 Å². The van der Waals surface area contributed by atoms with Gasteiger partial charge in [0.1, 0.15) is 17.1 Å². The van der Waals surface area contributed by atoms with Crippen LogP contribution in [-0.2, 0) is 10.0 Å². The van der Waals surface area contributed by atoms with Crippen molar-refractivity contribution in [3.05, 3.63) is 48.3 Å². The number of sulfonamides is 1. The largest absolute Gasteiger partial charge is 0.573 e. The van der Waals surface area contributed by atoms with E-state index in [9.17, 15) is 26.4 Å². The lowest BCUT2D eigenvalue weighted by Crippen LogP contribution is -2.36. The van der Waals surface area contributed by atoms with Crippen molar-refractivity contribution in [3.63, 3.8) is 0 Å². The standard InChI is InChI=1S/C20H20F3N5O4S/c21-20(22,23)32-14-7-4-8-15(11-14)33(30,31)27-17-9-10-28-18(26-17)16(12-24-28)19(29)25-13-5-2-1-3-6-13/h4,7-13H,1-3,5-6H2,(H,25,29)(H,26,27). The first-order valence-electron chi connectivity index (χ1n) is 10.1. The molecule has 0 unspecified atom stereocenters. The van der Waals surface area contributed by atoms with Crippen molar-refractivity contribution in [1.82, 2.24) is 19.9 Å². The summed E-state index contributed by atoms with van der Waals surface area (Å²) < 4.78 is 70.0. The quantitative estimate of drug-likeness (QED) is 0.555. The maximum absolute atomic E-state index is 12.7. The monoisotopic (exact) mass is 483 g/mol. The number of carbonyl (C=O) groups is 1. The Morgan fingerprint density at radius 1 is 1.15 bits per heavy atom. The van der Waals surface area contributed by atoms with Crippen LogP contribution in [0.2, 0.25) is 0 Å². The number of ether oxygens (including phenoxy) is 1. The molecule has 1 aromatic carbocycles. The number of alkyl halides is 3. The molecule has 2 aromatic heterocycles. The van der Waals surface area contributed by atoms with Crippen molar-refractivity contribution in [1.29, 1.82) is 0 Å². The molecule has 1 saturated carbocycles. The Morgan fingerprint density at radius 3 is 2.64 bits per heavy atom. The molecule has 2 N–H and O–H groups in total. The van der Waals surface area contributed by atoms with Crippen LogP contribution in [0.5, 0.6) is 5.75 Å². The highest BCUT2D eigenvalue weighted by molar-refractivity contribution is 7.92. The molecule has 1 amide bonds. The first-order chi connectivity index (χ1) is 15.6. The molecule has 9 nitrogen and oxygen atoms in total. The SMILES string of the molecule is O=C(NC1CCCCC1)c1cnn2ccc(NS(=O)(=O)c3cccc(OC(F)(F)F)c3)nc12. The fourth-order valence-corrected chi connectivity index (χ4v) is 4.67. The molecule has 0 aliphatic heterocycles. The summed E-state index contributed by atoms with van der Waals surface area (Å²) in [4.78, 5) is 16.4. The summed E-state index contributed by atoms with van der Waals surface area (Å²) in [5.41, 5.74) is 0.319. The molecule has 0 atom stereocenters. The summed E-state index contributed by atoms with van der Waals surface area (Å²) in [6.07, 6.45) is 2.80. The molecular formula is C20H20F3N5O4S. The highest BCUT2D eigenvalue weighted by Crippen LogP contribution is 2.26. The summed E-state index contributed by atoms with van der Waals surface area (Å²) in [7, 11) is -4.29. The highest BCUT2D eigenvalue weighted by atomic mass is 32.2. The van der Waals surface area contributed by atoms with E-state index in [-0.39, 0.29) is 29.0 Å². The fourth-order valence-electron chi connectivity index (χ4n) is 3.63. The normalized spacial score (nSPS) is 15.4. The van der Waals surface area contributed by atoms with E-state index in [2.05, 4.69) is 24.9 Å². The molecule has 1 aliphatic rings. The smallest absolute Gasteiger partial charge is 0.406 e. The van der Waals surface area contributed by atoms with Crippen molar-refractivity contribution in [2.24, 2.45) is 0 Å². The van der Waals surface area contributed by atoms with Gasteiger partial charge < -0.3 is 10.1 Å². The number of nitrogens with zero attached hydrogens (tertiary/aromatic N) is 3. The number of benzene rings is 1. The zero-order chi connectivity index (χ0) is 23.6. The predicted octanol–water partition coefficient (Wildman–Crippen LogP) is 3.49. The molecule has 3 aromatic rings. The maximum Gasteiger partial charge on any atom is 0.573 e. The number of nitrogens with one attached hydrogen (secondary N) is 2. The summed E-state index contributed by atoms with van der Waals surface area (Å²) in [6, 6.07) is 5.35. The van der Waals surface area contributed by atoms with E-state index in [1.165, 1.54) is 23.0 Å². The maximum atomic E-state index is 12.7. The van der Waals surface area contributed by atoms with Gasteiger partial charge in [0.05, 0.1) is 11.1 Å². The number of carbonyl (C=O) groups excluding carboxylic acids is 1. The Bertz CT molecular complexity index is 1270. The van der Waals surface area contributed by atoms with E-state index in [0.29, 0.717) is 0 Å². The second-order valence-electron chi connectivity index (χ2n) is 7.58. The molecule has 1 fully saturated rings. The minimum Gasteiger partial charge on any atom is -0.406 e. The van der Waals surface area contributed by atoms with Crippen LogP contribution in [0, 0.1) is 0 Å². The van der Waals surface area contributed by atoms with Crippen molar-refractivity contribution in [2.45, 2.75) is 49.4 Å². The summed E-state index contributed by atoms with van der Waals surface area (Å²) in [6.45, 7) is 0. The van der Waals surface area contributed by atoms with Gasteiger partial charge in [0, 0.05) is 18.3 Å². The second kappa shape index (κ2) is 8.89. The Hall–Kier alpha value is -3.35. The number of rotatable bonds is 6. The van der Waals surface area contributed by atoms with Crippen LogP contribution < -0.4 is 14.8 Å². The van der Waals surface area contributed by atoms with Crippen LogP contribution in [-0.4, -0.2) is 41.3 Å². The number of hydrogen-bond donors (Lipinski definition) is 2. The zero-order valence-corrected chi connectivity index (χ0v) is 18.0. The van der Waals surface area contributed by atoms with Gasteiger partial charge in [-0.05, 0) is 31.0 Å².